The van der Waals surface area contributed by atoms with Gasteiger partial charge in [-0.25, -0.2) is 9.37 Å². The van der Waals surface area contributed by atoms with Crippen LogP contribution in [-0.4, -0.2) is 17.4 Å². The molecule has 0 bridgehead atoms. The van der Waals surface area contributed by atoms with E-state index in [9.17, 15) is 9.18 Å². The van der Waals surface area contributed by atoms with Crippen LogP contribution in [0.25, 0.3) is 10.6 Å². The van der Waals surface area contributed by atoms with Gasteiger partial charge in [0.2, 0.25) is 5.91 Å². The average molecular weight is 354 g/mol. The molecule has 0 fully saturated rings. The number of nitrogens with zero attached hydrogens (tertiary/aromatic N) is 1. The van der Waals surface area contributed by atoms with Crippen molar-refractivity contribution in [1.29, 1.82) is 0 Å². The maximum absolute atomic E-state index is 13.3. The highest BCUT2D eigenvalue weighted by atomic mass is 32.1. The molecule has 1 aromatic heterocycles. The molecular weight excluding hydrogens is 335 g/mol. The van der Waals surface area contributed by atoms with Gasteiger partial charge in [-0.1, -0.05) is 42.0 Å². The maximum atomic E-state index is 13.3. The first-order valence-corrected chi connectivity index (χ1v) is 9.01. The molecule has 25 heavy (non-hydrogen) atoms. The fourth-order valence-corrected chi connectivity index (χ4v) is 3.43. The van der Waals surface area contributed by atoms with Crippen LogP contribution in [0.15, 0.2) is 53.9 Å². The third-order valence-electron chi connectivity index (χ3n) is 3.77. The minimum Gasteiger partial charge on any atom is -0.355 e. The summed E-state index contributed by atoms with van der Waals surface area (Å²) in [5.41, 5.74) is 3.84. The first-order chi connectivity index (χ1) is 12.1. The lowest BCUT2D eigenvalue weighted by Crippen LogP contribution is -2.27. The Labute approximate surface area is 150 Å². The van der Waals surface area contributed by atoms with Gasteiger partial charge < -0.3 is 5.32 Å². The highest BCUT2D eigenvalue weighted by molar-refractivity contribution is 7.13. The molecule has 2 aromatic carbocycles. The van der Waals surface area contributed by atoms with Crippen molar-refractivity contribution in [2.45, 2.75) is 19.8 Å². The zero-order chi connectivity index (χ0) is 17.6. The summed E-state index contributed by atoms with van der Waals surface area (Å²) in [6.07, 6.45) is 1.04. The van der Waals surface area contributed by atoms with Gasteiger partial charge in [0.25, 0.3) is 0 Å². The molecule has 1 N–H and O–H groups in total. The first-order valence-electron chi connectivity index (χ1n) is 8.13. The summed E-state index contributed by atoms with van der Waals surface area (Å²) < 4.78 is 13.3. The maximum Gasteiger partial charge on any atom is 0.224 e. The molecule has 1 heterocycles. The second-order valence-electron chi connectivity index (χ2n) is 5.92. The fraction of sp³-hybridized carbons (Fsp3) is 0.200. The van der Waals surface area contributed by atoms with Gasteiger partial charge in [0.15, 0.2) is 0 Å². The van der Waals surface area contributed by atoms with Crippen LogP contribution >= 0.6 is 11.3 Å². The molecule has 5 heteroatoms. The van der Waals surface area contributed by atoms with Gasteiger partial charge in [-0.05, 0) is 24.6 Å². The number of halogens is 1. The van der Waals surface area contributed by atoms with E-state index in [1.165, 1.54) is 23.5 Å². The van der Waals surface area contributed by atoms with Crippen molar-refractivity contribution in [1.82, 2.24) is 10.3 Å². The Hall–Kier alpha value is -2.53. The van der Waals surface area contributed by atoms with Crippen molar-refractivity contribution in [3.05, 3.63) is 76.5 Å². The average Bonchev–Trinajstić information content (AvgIpc) is 3.04. The number of hydrogen-bond donors (Lipinski definition) is 1. The largest absolute Gasteiger partial charge is 0.355 e. The van der Waals surface area contributed by atoms with Crippen LogP contribution in [0.4, 0.5) is 4.39 Å². The third-order valence-corrected chi connectivity index (χ3v) is 4.71. The number of carbonyl (C=O) groups excluding carboxylic acids is 1. The molecule has 3 aromatic rings. The highest BCUT2D eigenvalue weighted by Crippen LogP contribution is 2.24. The number of rotatable bonds is 6. The molecule has 0 saturated carbocycles. The van der Waals surface area contributed by atoms with E-state index in [1.807, 2.05) is 42.6 Å². The lowest BCUT2D eigenvalue weighted by molar-refractivity contribution is -0.120. The number of thiazole rings is 1. The first kappa shape index (κ1) is 17.3. The molecule has 0 aliphatic rings. The van der Waals surface area contributed by atoms with E-state index in [-0.39, 0.29) is 11.7 Å². The predicted octanol–water partition coefficient (Wildman–Crippen LogP) is 4.16. The highest BCUT2D eigenvalue weighted by Gasteiger charge is 2.07. The summed E-state index contributed by atoms with van der Waals surface area (Å²) in [7, 11) is 0. The number of amides is 1. The number of hydrogen-bond acceptors (Lipinski definition) is 3. The van der Waals surface area contributed by atoms with Crippen LogP contribution in [0.1, 0.15) is 16.8 Å². The summed E-state index contributed by atoms with van der Waals surface area (Å²) in [6, 6.07) is 14.4. The number of nitrogens with one attached hydrogen (secondary N) is 1. The summed E-state index contributed by atoms with van der Waals surface area (Å²) in [6.45, 7) is 2.55. The lowest BCUT2D eigenvalue weighted by Gasteiger charge is -2.05. The van der Waals surface area contributed by atoms with Crippen LogP contribution in [0.5, 0.6) is 0 Å². The smallest absolute Gasteiger partial charge is 0.224 e. The molecule has 0 saturated heterocycles. The van der Waals surface area contributed by atoms with E-state index >= 15 is 0 Å². The molecule has 1 amide bonds. The molecule has 3 rings (SSSR count). The van der Waals surface area contributed by atoms with Crippen molar-refractivity contribution in [3.8, 4) is 10.6 Å². The molecule has 0 aliphatic heterocycles. The minimum absolute atomic E-state index is 0.00573. The Balaban J connectivity index is 1.50. The van der Waals surface area contributed by atoms with E-state index < -0.39 is 0 Å². The number of carbonyl (C=O) groups is 1. The summed E-state index contributed by atoms with van der Waals surface area (Å²) in [4.78, 5) is 16.5. The Morgan fingerprint density at radius 1 is 1.20 bits per heavy atom. The van der Waals surface area contributed by atoms with Gasteiger partial charge in [-0.15, -0.1) is 11.3 Å². The lowest BCUT2D eigenvalue weighted by atomic mass is 10.1. The van der Waals surface area contributed by atoms with Gasteiger partial charge in [0.1, 0.15) is 10.8 Å². The quantitative estimate of drug-likeness (QED) is 0.722. The van der Waals surface area contributed by atoms with Crippen molar-refractivity contribution in [2.24, 2.45) is 0 Å². The Kier molecular flexibility index (Phi) is 5.56. The van der Waals surface area contributed by atoms with Gasteiger partial charge >= 0.3 is 0 Å². The van der Waals surface area contributed by atoms with Gasteiger partial charge in [-0.2, -0.15) is 0 Å². The summed E-state index contributed by atoms with van der Waals surface area (Å²) in [5, 5.41) is 5.67. The van der Waals surface area contributed by atoms with Crippen LogP contribution in [-0.2, 0) is 17.6 Å². The molecule has 0 unspecified atom stereocenters. The summed E-state index contributed by atoms with van der Waals surface area (Å²) in [5.74, 6) is -0.260. The molecule has 0 radical (unpaired) electrons. The summed E-state index contributed by atoms with van der Waals surface area (Å²) >= 11 is 1.48. The minimum atomic E-state index is -0.266. The predicted molar refractivity (Wildman–Crippen MR) is 99.1 cm³/mol. The molecule has 0 aliphatic carbocycles. The number of benzene rings is 2. The second-order valence-corrected chi connectivity index (χ2v) is 6.78. The molecule has 128 valence electrons. The number of aryl methyl sites for hydroxylation is 1. The Bertz CT molecular complexity index is 875. The van der Waals surface area contributed by atoms with Crippen molar-refractivity contribution in [2.75, 3.05) is 6.54 Å². The van der Waals surface area contributed by atoms with Gasteiger partial charge in [0.05, 0.1) is 12.1 Å². The molecular formula is C20H19FN2OS. The second kappa shape index (κ2) is 8.03. The van der Waals surface area contributed by atoms with Crippen molar-refractivity contribution in [3.63, 3.8) is 0 Å². The normalized spacial score (nSPS) is 10.6. The van der Waals surface area contributed by atoms with Crippen LogP contribution in [0, 0.1) is 12.7 Å². The SMILES string of the molecule is Cc1cccc(CC(=O)NCCc2csc(-c3cccc(F)c3)n2)c1. The van der Waals surface area contributed by atoms with Gasteiger partial charge in [0, 0.05) is 23.9 Å². The van der Waals surface area contributed by atoms with Crippen LogP contribution in [0.3, 0.4) is 0 Å². The van der Waals surface area contributed by atoms with E-state index in [2.05, 4.69) is 10.3 Å². The third kappa shape index (κ3) is 4.97. The van der Waals surface area contributed by atoms with Crippen molar-refractivity contribution >= 4 is 17.2 Å². The van der Waals surface area contributed by atoms with Crippen LogP contribution < -0.4 is 5.32 Å². The van der Waals surface area contributed by atoms with Gasteiger partial charge in [-0.3, -0.25) is 4.79 Å². The van der Waals surface area contributed by atoms with E-state index in [4.69, 9.17) is 0 Å². The standard InChI is InChI=1S/C20H19FN2OS/c1-14-4-2-5-15(10-14)11-19(24)22-9-8-18-13-25-20(23-18)16-6-3-7-17(21)12-16/h2-7,10,12-13H,8-9,11H2,1H3,(H,22,24). The monoisotopic (exact) mass is 354 g/mol. The molecule has 3 nitrogen and oxygen atoms in total. The van der Waals surface area contributed by atoms with Crippen LogP contribution in [0.2, 0.25) is 0 Å². The van der Waals surface area contributed by atoms with E-state index in [0.29, 0.717) is 19.4 Å². The fourth-order valence-electron chi connectivity index (χ4n) is 2.58. The zero-order valence-electron chi connectivity index (χ0n) is 14.0. The Morgan fingerprint density at radius 2 is 2.04 bits per heavy atom. The topological polar surface area (TPSA) is 42.0 Å². The van der Waals surface area contributed by atoms with Crippen molar-refractivity contribution < 1.29 is 9.18 Å². The number of aromatic nitrogens is 1. The molecule has 0 spiro atoms. The van der Waals surface area contributed by atoms with E-state index in [1.54, 1.807) is 6.07 Å². The molecule has 0 atom stereocenters. The zero-order valence-corrected chi connectivity index (χ0v) is 14.8. The van der Waals surface area contributed by atoms with E-state index in [0.717, 1.165) is 27.4 Å². The Morgan fingerprint density at radius 3 is 2.84 bits per heavy atom.